The summed E-state index contributed by atoms with van der Waals surface area (Å²) in [4.78, 5) is 12.2. The van der Waals surface area contributed by atoms with Crippen LogP contribution in [0.15, 0.2) is 27.5 Å². The molecule has 0 spiro atoms. The maximum absolute atomic E-state index is 12.2. The number of aromatic nitrogens is 2. The van der Waals surface area contributed by atoms with Gasteiger partial charge in [-0.05, 0) is 52.2 Å². The van der Waals surface area contributed by atoms with Crippen LogP contribution in [0.5, 0.6) is 0 Å². The van der Waals surface area contributed by atoms with E-state index in [1.165, 1.54) is 0 Å². The van der Waals surface area contributed by atoms with Crippen LogP contribution in [0, 0.1) is 0 Å². The summed E-state index contributed by atoms with van der Waals surface area (Å²) in [6.07, 6.45) is 2.11. The van der Waals surface area contributed by atoms with Gasteiger partial charge in [0.05, 0.1) is 10.7 Å². The Morgan fingerprint density at radius 1 is 1.59 bits per heavy atom. The van der Waals surface area contributed by atoms with Gasteiger partial charge >= 0.3 is 0 Å². The lowest BCUT2D eigenvalue weighted by Gasteiger charge is -2.10. The van der Waals surface area contributed by atoms with E-state index in [2.05, 4.69) is 21.0 Å². The number of Topliss-reactive ketones (excluding diaryl/α,β-unsaturated/α-hetero) is 1. The van der Waals surface area contributed by atoms with Crippen LogP contribution in [0.1, 0.15) is 35.9 Å². The van der Waals surface area contributed by atoms with E-state index in [0.29, 0.717) is 12.1 Å². The van der Waals surface area contributed by atoms with Gasteiger partial charge in [0.2, 0.25) is 0 Å². The third-order valence-corrected chi connectivity index (χ3v) is 3.76. The minimum absolute atomic E-state index is 0.0986. The first-order valence-corrected chi connectivity index (χ1v) is 7.10. The molecule has 0 N–H and O–H groups in total. The van der Waals surface area contributed by atoms with Crippen LogP contribution >= 0.6 is 27.3 Å². The molecule has 0 bridgehead atoms. The first-order chi connectivity index (χ1) is 8.09. The molecular weight excluding hydrogens is 300 g/mol. The predicted octanol–water partition coefficient (Wildman–Crippen LogP) is 3.71. The van der Waals surface area contributed by atoms with Crippen LogP contribution in [0.2, 0.25) is 0 Å². The highest BCUT2D eigenvalue weighted by molar-refractivity contribution is 9.10. The van der Waals surface area contributed by atoms with Crippen molar-refractivity contribution in [3.8, 4) is 0 Å². The molecule has 0 amide bonds. The number of hydrogen-bond acceptors (Lipinski definition) is 3. The largest absolute Gasteiger partial charge is 0.292 e. The smallest absolute Gasteiger partial charge is 0.186 e. The van der Waals surface area contributed by atoms with Crippen LogP contribution in [0.25, 0.3) is 0 Å². The van der Waals surface area contributed by atoms with E-state index in [4.69, 9.17) is 0 Å². The lowest BCUT2D eigenvalue weighted by Crippen LogP contribution is -2.14. The second kappa shape index (κ2) is 5.14. The zero-order valence-corrected chi connectivity index (χ0v) is 12.1. The Balaban J connectivity index is 2.27. The monoisotopic (exact) mass is 312 g/mol. The Labute approximate surface area is 113 Å². The Kier molecular flexibility index (Phi) is 3.79. The molecule has 0 radical (unpaired) electrons. The number of carbonyl (C=O) groups is 1. The number of halogens is 1. The van der Waals surface area contributed by atoms with Crippen molar-refractivity contribution in [2.75, 3.05) is 0 Å². The van der Waals surface area contributed by atoms with E-state index < -0.39 is 0 Å². The minimum atomic E-state index is 0.0986. The number of rotatable bonds is 4. The Morgan fingerprint density at radius 3 is 2.94 bits per heavy atom. The summed E-state index contributed by atoms with van der Waals surface area (Å²) in [6, 6.07) is 2.16. The van der Waals surface area contributed by atoms with Crippen molar-refractivity contribution < 1.29 is 4.79 Å². The standard InChI is InChI=1S/C12H13BrN2OS/c1-8(2)15-12(10(13)6-14-15)11(16)5-9-3-4-17-7-9/h3-4,6-8H,5H2,1-2H3. The lowest BCUT2D eigenvalue weighted by molar-refractivity contribution is 0.0980. The first kappa shape index (κ1) is 12.5. The van der Waals surface area contributed by atoms with Gasteiger partial charge in [-0.3, -0.25) is 9.48 Å². The van der Waals surface area contributed by atoms with Gasteiger partial charge in [-0.25, -0.2) is 0 Å². The van der Waals surface area contributed by atoms with Crippen molar-refractivity contribution in [3.63, 3.8) is 0 Å². The van der Waals surface area contributed by atoms with Crippen LogP contribution < -0.4 is 0 Å². The van der Waals surface area contributed by atoms with Gasteiger partial charge in [0.15, 0.2) is 5.78 Å². The average Bonchev–Trinajstić information content (AvgIpc) is 2.86. The molecule has 2 aromatic heterocycles. The molecule has 2 aromatic rings. The number of nitrogens with zero attached hydrogens (tertiary/aromatic N) is 2. The first-order valence-electron chi connectivity index (χ1n) is 5.37. The zero-order valence-electron chi connectivity index (χ0n) is 9.68. The molecule has 0 aromatic carbocycles. The van der Waals surface area contributed by atoms with E-state index in [1.54, 1.807) is 22.2 Å². The van der Waals surface area contributed by atoms with Crippen molar-refractivity contribution in [3.05, 3.63) is 38.8 Å². The Bertz CT molecular complexity index is 517. The fraction of sp³-hybridized carbons (Fsp3) is 0.333. The van der Waals surface area contributed by atoms with Crippen molar-refractivity contribution in [2.24, 2.45) is 0 Å². The van der Waals surface area contributed by atoms with Gasteiger partial charge < -0.3 is 0 Å². The molecule has 2 heterocycles. The van der Waals surface area contributed by atoms with Crippen molar-refractivity contribution in [1.82, 2.24) is 9.78 Å². The van der Waals surface area contributed by atoms with Gasteiger partial charge in [-0.2, -0.15) is 16.4 Å². The highest BCUT2D eigenvalue weighted by Gasteiger charge is 2.18. The fourth-order valence-electron chi connectivity index (χ4n) is 1.66. The Morgan fingerprint density at radius 2 is 2.35 bits per heavy atom. The molecule has 17 heavy (non-hydrogen) atoms. The summed E-state index contributed by atoms with van der Waals surface area (Å²) in [5, 5.41) is 8.20. The predicted molar refractivity (Wildman–Crippen MR) is 72.7 cm³/mol. The summed E-state index contributed by atoms with van der Waals surface area (Å²) < 4.78 is 2.53. The molecule has 0 aliphatic heterocycles. The van der Waals surface area contributed by atoms with Gasteiger partial charge in [-0.15, -0.1) is 0 Å². The second-order valence-corrected chi connectivity index (χ2v) is 5.75. The molecule has 3 nitrogen and oxygen atoms in total. The van der Waals surface area contributed by atoms with Crippen LogP contribution in [-0.4, -0.2) is 15.6 Å². The molecule has 0 fully saturated rings. The second-order valence-electron chi connectivity index (χ2n) is 4.11. The highest BCUT2D eigenvalue weighted by atomic mass is 79.9. The number of hydrogen-bond donors (Lipinski definition) is 0. The van der Waals surface area contributed by atoms with Crippen LogP contribution in [-0.2, 0) is 6.42 Å². The van der Waals surface area contributed by atoms with Gasteiger partial charge in [0.25, 0.3) is 0 Å². The molecule has 2 rings (SSSR count). The van der Waals surface area contributed by atoms with E-state index in [0.717, 1.165) is 10.0 Å². The zero-order chi connectivity index (χ0) is 12.4. The van der Waals surface area contributed by atoms with E-state index in [9.17, 15) is 4.79 Å². The average molecular weight is 313 g/mol. The maximum Gasteiger partial charge on any atom is 0.186 e. The van der Waals surface area contributed by atoms with Crippen molar-refractivity contribution in [1.29, 1.82) is 0 Å². The maximum atomic E-state index is 12.2. The third-order valence-electron chi connectivity index (χ3n) is 2.45. The van der Waals surface area contributed by atoms with Gasteiger partial charge in [-0.1, -0.05) is 0 Å². The van der Waals surface area contributed by atoms with E-state index in [1.807, 2.05) is 30.7 Å². The van der Waals surface area contributed by atoms with Gasteiger partial charge in [0, 0.05) is 12.5 Å². The lowest BCUT2D eigenvalue weighted by atomic mass is 10.1. The van der Waals surface area contributed by atoms with Crippen LogP contribution in [0.4, 0.5) is 0 Å². The van der Waals surface area contributed by atoms with Crippen LogP contribution in [0.3, 0.4) is 0 Å². The summed E-state index contributed by atoms with van der Waals surface area (Å²) in [6.45, 7) is 4.03. The molecule has 0 unspecified atom stereocenters. The molecule has 5 heteroatoms. The number of carbonyl (C=O) groups excluding carboxylic acids is 1. The quantitative estimate of drug-likeness (QED) is 0.807. The van der Waals surface area contributed by atoms with Crippen molar-refractivity contribution >= 4 is 33.0 Å². The number of thiophene rings is 1. The van der Waals surface area contributed by atoms with Gasteiger partial charge in [0.1, 0.15) is 5.69 Å². The molecule has 0 saturated heterocycles. The number of ketones is 1. The normalized spacial score (nSPS) is 11.1. The Hall–Kier alpha value is -0.940. The SMILES string of the molecule is CC(C)n1ncc(Br)c1C(=O)Cc1ccsc1. The summed E-state index contributed by atoms with van der Waals surface area (Å²) in [7, 11) is 0. The topological polar surface area (TPSA) is 34.9 Å². The molecule has 0 aliphatic carbocycles. The van der Waals surface area contributed by atoms with E-state index in [-0.39, 0.29) is 11.8 Å². The van der Waals surface area contributed by atoms with E-state index >= 15 is 0 Å². The molecule has 90 valence electrons. The highest BCUT2D eigenvalue weighted by Crippen LogP contribution is 2.21. The molecule has 0 saturated carbocycles. The summed E-state index contributed by atoms with van der Waals surface area (Å²) in [5.74, 6) is 0.0986. The third kappa shape index (κ3) is 2.66. The fourth-order valence-corrected chi connectivity index (χ4v) is 2.82. The molecule has 0 aliphatic rings. The van der Waals surface area contributed by atoms with Crippen molar-refractivity contribution in [2.45, 2.75) is 26.3 Å². The molecule has 0 atom stereocenters. The summed E-state index contributed by atoms with van der Waals surface area (Å²) >= 11 is 5.00. The minimum Gasteiger partial charge on any atom is -0.292 e. The summed E-state index contributed by atoms with van der Waals surface area (Å²) in [5.41, 5.74) is 1.72. The molecular formula is C12H13BrN2OS.